The average Bonchev–Trinajstić information content (AvgIpc) is 2.64. The van der Waals surface area contributed by atoms with Gasteiger partial charge in [0.05, 0.1) is 0 Å². The summed E-state index contributed by atoms with van der Waals surface area (Å²) in [6.45, 7) is 5.32. The van der Waals surface area contributed by atoms with E-state index in [0.717, 1.165) is 18.9 Å². The second kappa shape index (κ2) is 10.0. The number of hydrogen-bond donors (Lipinski definition) is 3. The summed E-state index contributed by atoms with van der Waals surface area (Å²) in [5, 5.41) is 20.4. The predicted octanol–water partition coefficient (Wildman–Crippen LogP) is 4.11. The number of benzene rings is 1. The van der Waals surface area contributed by atoms with Crippen molar-refractivity contribution in [1.82, 2.24) is 0 Å². The topological polar surface area (TPSA) is 129 Å². The molecular weight excluding hydrogens is 396 g/mol. The van der Waals surface area contributed by atoms with Crippen LogP contribution in [0.15, 0.2) is 42.5 Å². The number of aliphatic carboxylic acids is 2. The van der Waals surface area contributed by atoms with Crippen LogP contribution in [-0.2, 0) is 24.5 Å². The molecule has 0 aliphatic heterocycles. The van der Waals surface area contributed by atoms with E-state index in [2.05, 4.69) is 0 Å². The second-order valence-corrected chi connectivity index (χ2v) is 8.79. The maximum atomic E-state index is 12.7. The molecule has 7 nitrogen and oxygen atoms in total. The molecule has 0 aromatic heterocycles. The third kappa shape index (κ3) is 4.53. The van der Waals surface area contributed by atoms with Crippen LogP contribution >= 0.6 is 0 Å². The highest BCUT2D eigenvalue weighted by Crippen LogP contribution is 2.52. The van der Waals surface area contributed by atoms with Crippen LogP contribution in [0.1, 0.15) is 58.4 Å². The summed E-state index contributed by atoms with van der Waals surface area (Å²) in [4.78, 5) is 25.2. The standard InChI is InChI=1S/C21H30O7S/c1-4-7-11-16(6-3)15-20(14-5-2,18(22)23)21(19(24)25,29(26,27)28)17-12-9-8-10-13-17/h5,8-10,12-14,16H,4,6-7,11,15H2,1-3H3,(H,22,23)(H,24,25)(H,26,27,28). The fourth-order valence-electron chi connectivity index (χ4n) is 4.06. The summed E-state index contributed by atoms with van der Waals surface area (Å²) in [5.41, 5.74) is -2.71. The van der Waals surface area contributed by atoms with E-state index >= 15 is 0 Å². The van der Waals surface area contributed by atoms with E-state index in [1.165, 1.54) is 37.3 Å². The lowest BCUT2D eigenvalue weighted by Crippen LogP contribution is -2.60. The fraction of sp³-hybridized carbons (Fsp3) is 0.524. The van der Waals surface area contributed by atoms with Crippen molar-refractivity contribution in [3.63, 3.8) is 0 Å². The molecule has 0 saturated heterocycles. The Morgan fingerprint density at radius 2 is 1.69 bits per heavy atom. The minimum atomic E-state index is -5.41. The van der Waals surface area contributed by atoms with Gasteiger partial charge >= 0.3 is 11.9 Å². The number of rotatable bonds is 12. The molecule has 0 fully saturated rings. The van der Waals surface area contributed by atoms with Crippen molar-refractivity contribution in [2.45, 2.75) is 57.6 Å². The Balaban J connectivity index is 4.01. The highest BCUT2D eigenvalue weighted by atomic mass is 32.2. The average molecular weight is 427 g/mol. The molecule has 3 unspecified atom stereocenters. The number of carboxylic acid groups (broad SMARTS) is 2. The molecule has 1 aromatic rings. The molecule has 0 aliphatic carbocycles. The van der Waals surface area contributed by atoms with Crippen LogP contribution in [0.4, 0.5) is 0 Å². The summed E-state index contributed by atoms with van der Waals surface area (Å²) < 4.78 is 32.5. The quantitative estimate of drug-likeness (QED) is 0.339. The highest BCUT2D eigenvalue weighted by molar-refractivity contribution is 7.87. The summed E-state index contributed by atoms with van der Waals surface area (Å²) in [7, 11) is -5.41. The van der Waals surface area contributed by atoms with E-state index in [4.69, 9.17) is 0 Å². The summed E-state index contributed by atoms with van der Waals surface area (Å²) in [6, 6.07) is 6.81. The van der Waals surface area contributed by atoms with Gasteiger partial charge in [0, 0.05) is 0 Å². The molecule has 162 valence electrons. The SMILES string of the molecule is CC=CC(CC(CC)CCCC)(C(=O)O)C(C(=O)O)(c1ccccc1)S(=O)(=O)O. The Hall–Kier alpha value is -2.19. The Morgan fingerprint density at radius 1 is 1.10 bits per heavy atom. The Morgan fingerprint density at radius 3 is 2.07 bits per heavy atom. The molecular formula is C21H30O7S. The van der Waals surface area contributed by atoms with Crippen LogP contribution in [0.2, 0.25) is 0 Å². The fourth-order valence-corrected chi connectivity index (χ4v) is 5.41. The molecule has 0 spiro atoms. The third-order valence-electron chi connectivity index (χ3n) is 5.48. The Kier molecular flexibility index (Phi) is 8.59. The number of carboxylic acids is 2. The maximum absolute atomic E-state index is 12.7. The summed E-state index contributed by atoms with van der Waals surface area (Å²) in [5.74, 6) is -3.79. The first-order chi connectivity index (χ1) is 13.5. The van der Waals surface area contributed by atoms with Crippen molar-refractivity contribution in [2.24, 2.45) is 11.3 Å². The van der Waals surface area contributed by atoms with Crippen molar-refractivity contribution >= 4 is 22.1 Å². The zero-order valence-corrected chi connectivity index (χ0v) is 17.9. The molecule has 3 N–H and O–H groups in total. The van der Waals surface area contributed by atoms with Crippen LogP contribution in [0.5, 0.6) is 0 Å². The van der Waals surface area contributed by atoms with E-state index in [1.54, 1.807) is 6.07 Å². The van der Waals surface area contributed by atoms with Gasteiger partial charge in [-0.25, -0.2) is 4.79 Å². The number of hydrogen-bond acceptors (Lipinski definition) is 4. The van der Waals surface area contributed by atoms with Gasteiger partial charge in [0.25, 0.3) is 10.1 Å². The van der Waals surface area contributed by atoms with Crippen LogP contribution in [-0.4, -0.2) is 35.1 Å². The second-order valence-electron chi connectivity index (χ2n) is 7.22. The molecule has 3 atom stereocenters. The molecule has 1 rings (SSSR count). The van der Waals surface area contributed by atoms with Gasteiger partial charge in [-0.2, -0.15) is 8.42 Å². The van der Waals surface area contributed by atoms with Gasteiger partial charge in [0.15, 0.2) is 0 Å². The number of unbranched alkanes of at least 4 members (excludes halogenated alkanes) is 1. The first-order valence-corrected chi connectivity index (χ1v) is 11.1. The van der Waals surface area contributed by atoms with Gasteiger partial charge in [-0.15, -0.1) is 0 Å². The van der Waals surface area contributed by atoms with Gasteiger partial charge in [-0.3, -0.25) is 9.35 Å². The van der Waals surface area contributed by atoms with Crippen LogP contribution < -0.4 is 0 Å². The van der Waals surface area contributed by atoms with Crippen molar-refractivity contribution in [2.75, 3.05) is 0 Å². The van der Waals surface area contributed by atoms with Gasteiger partial charge in [-0.05, 0) is 24.8 Å². The van der Waals surface area contributed by atoms with Gasteiger partial charge in [0.1, 0.15) is 5.41 Å². The molecule has 0 saturated carbocycles. The van der Waals surface area contributed by atoms with E-state index in [9.17, 15) is 32.8 Å². The molecule has 8 heteroatoms. The molecule has 0 bridgehead atoms. The zero-order chi connectivity index (χ0) is 22.3. The number of allylic oxidation sites excluding steroid dienone is 1. The van der Waals surface area contributed by atoms with E-state index in [1.807, 2.05) is 13.8 Å². The first-order valence-electron chi connectivity index (χ1n) is 9.68. The van der Waals surface area contributed by atoms with Crippen molar-refractivity contribution in [3.05, 3.63) is 48.0 Å². The third-order valence-corrected chi connectivity index (χ3v) is 7.03. The highest BCUT2D eigenvalue weighted by Gasteiger charge is 2.69. The van der Waals surface area contributed by atoms with Crippen LogP contribution in [0.25, 0.3) is 0 Å². The van der Waals surface area contributed by atoms with Gasteiger partial charge in [0.2, 0.25) is 4.75 Å². The normalized spacial score (nSPS) is 17.4. The lowest BCUT2D eigenvalue weighted by Gasteiger charge is -2.42. The molecule has 29 heavy (non-hydrogen) atoms. The molecule has 0 amide bonds. The Bertz CT molecular complexity index is 832. The molecule has 0 aliphatic rings. The first kappa shape index (κ1) is 24.8. The van der Waals surface area contributed by atoms with E-state index in [0.29, 0.717) is 12.8 Å². The smallest absolute Gasteiger partial charge is 0.333 e. The lowest BCUT2D eigenvalue weighted by molar-refractivity contribution is -0.159. The summed E-state index contributed by atoms with van der Waals surface area (Å²) in [6.07, 6.45) is 5.00. The van der Waals surface area contributed by atoms with E-state index < -0.39 is 32.2 Å². The lowest BCUT2D eigenvalue weighted by atomic mass is 9.65. The van der Waals surface area contributed by atoms with Crippen LogP contribution in [0.3, 0.4) is 0 Å². The van der Waals surface area contributed by atoms with Crippen molar-refractivity contribution < 1.29 is 32.8 Å². The molecule has 0 radical (unpaired) electrons. The monoisotopic (exact) mass is 426 g/mol. The van der Waals surface area contributed by atoms with Gasteiger partial charge < -0.3 is 10.2 Å². The maximum Gasteiger partial charge on any atom is 0.333 e. The van der Waals surface area contributed by atoms with Gasteiger partial charge in [-0.1, -0.05) is 82.0 Å². The largest absolute Gasteiger partial charge is 0.481 e. The molecule has 1 aromatic carbocycles. The molecule has 0 heterocycles. The summed E-state index contributed by atoms with van der Waals surface area (Å²) >= 11 is 0. The Labute approximate surface area is 172 Å². The van der Waals surface area contributed by atoms with Crippen molar-refractivity contribution in [1.29, 1.82) is 0 Å². The minimum Gasteiger partial charge on any atom is -0.481 e. The van der Waals surface area contributed by atoms with Crippen molar-refractivity contribution in [3.8, 4) is 0 Å². The van der Waals surface area contributed by atoms with E-state index in [-0.39, 0.29) is 17.9 Å². The zero-order valence-electron chi connectivity index (χ0n) is 17.0. The predicted molar refractivity (Wildman–Crippen MR) is 110 cm³/mol. The number of carbonyl (C=O) groups is 2. The minimum absolute atomic E-state index is 0.244. The van der Waals surface area contributed by atoms with Crippen LogP contribution in [0, 0.1) is 11.3 Å².